The Morgan fingerprint density at radius 2 is 2.39 bits per heavy atom. The Kier molecular flexibility index (Phi) is 5.02. The molecule has 23 heavy (non-hydrogen) atoms. The minimum absolute atomic E-state index is 0.335. The van der Waals surface area contributed by atoms with Gasteiger partial charge in [0.25, 0.3) is 0 Å². The standard InChI is InChI=1S/C16H22N4O3/c1-20(11-16(21)10-18-5-6-22-12-16)9-14-7-15(19-23-14)13-3-2-4-17-8-13/h2-4,7-8,18,21H,5-6,9-12H2,1H3. The van der Waals surface area contributed by atoms with E-state index >= 15 is 0 Å². The van der Waals surface area contributed by atoms with Crippen molar-refractivity contribution in [2.24, 2.45) is 0 Å². The highest BCUT2D eigenvalue weighted by Crippen LogP contribution is 2.19. The van der Waals surface area contributed by atoms with Crippen LogP contribution in [0.4, 0.5) is 0 Å². The van der Waals surface area contributed by atoms with Crippen molar-refractivity contribution in [3.8, 4) is 11.3 Å². The van der Waals surface area contributed by atoms with Crippen LogP contribution in [0.25, 0.3) is 11.3 Å². The van der Waals surface area contributed by atoms with Gasteiger partial charge in [0.2, 0.25) is 0 Å². The molecule has 2 aromatic heterocycles. The predicted molar refractivity (Wildman–Crippen MR) is 84.7 cm³/mol. The number of β-amino-alcohol motifs (C(OH)–C–C–N with tert-alkyl or cyclic N) is 1. The van der Waals surface area contributed by atoms with Gasteiger partial charge in [0, 0.05) is 43.7 Å². The van der Waals surface area contributed by atoms with E-state index in [2.05, 4.69) is 15.5 Å². The largest absolute Gasteiger partial charge is 0.385 e. The van der Waals surface area contributed by atoms with Gasteiger partial charge in [-0.3, -0.25) is 9.88 Å². The maximum Gasteiger partial charge on any atom is 0.151 e. The maximum absolute atomic E-state index is 10.6. The topological polar surface area (TPSA) is 83.7 Å². The van der Waals surface area contributed by atoms with E-state index in [0.29, 0.717) is 32.8 Å². The normalized spacial score (nSPS) is 22.2. The first-order chi connectivity index (χ1) is 11.1. The summed E-state index contributed by atoms with van der Waals surface area (Å²) >= 11 is 0. The predicted octanol–water partition coefficient (Wildman–Crippen LogP) is 0.519. The first-order valence-corrected chi connectivity index (χ1v) is 7.70. The number of hydrogen-bond acceptors (Lipinski definition) is 7. The monoisotopic (exact) mass is 318 g/mol. The van der Waals surface area contributed by atoms with Gasteiger partial charge in [-0.25, -0.2) is 0 Å². The third kappa shape index (κ3) is 4.35. The zero-order valence-corrected chi connectivity index (χ0v) is 13.2. The zero-order chi connectivity index (χ0) is 16.1. The van der Waals surface area contributed by atoms with Crippen LogP contribution in [0.3, 0.4) is 0 Å². The van der Waals surface area contributed by atoms with Gasteiger partial charge >= 0.3 is 0 Å². The molecule has 1 saturated heterocycles. The first-order valence-electron chi connectivity index (χ1n) is 7.70. The lowest BCUT2D eigenvalue weighted by Gasteiger charge is -2.30. The van der Waals surface area contributed by atoms with Crippen LogP contribution in [0.15, 0.2) is 35.1 Å². The summed E-state index contributed by atoms with van der Waals surface area (Å²) < 4.78 is 10.8. The van der Waals surface area contributed by atoms with Crippen LogP contribution in [0, 0.1) is 0 Å². The van der Waals surface area contributed by atoms with Gasteiger partial charge in [0.15, 0.2) is 5.76 Å². The summed E-state index contributed by atoms with van der Waals surface area (Å²) in [4.78, 5) is 6.08. The molecule has 1 unspecified atom stereocenters. The molecule has 124 valence electrons. The molecule has 0 saturated carbocycles. The summed E-state index contributed by atoms with van der Waals surface area (Å²) in [6.45, 7) is 3.31. The van der Waals surface area contributed by atoms with E-state index in [1.54, 1.807) is 12.4 Å². The number of aromatic nitrogens is 2. The molecule has 0 amide bonds. The van der Waals surface area contributed by atoms with Gasteiger partial charge < -0.3 is 19.7 Å². The van der Waals surface area contributed by atoms with Crippen LogP contribution in [-0.4, -0.2) is 65.6 Å². The van der Waals surface area contributed by atoms with E-state index in [1.165, 1.54) is 0 Å². The minimum atomic E-state index is -0.891. The van der Waals surface area contributed by atoms with E-state index in [1.807, 2.05) is 30.1 Å². The lowest BCUT2D eigenvalue weighted by atomic mass is 10.1. The van der Waals surface area contributed by atoms with Crippen molar-refractivity contribution < 1.29 is 14.4 Å². The van der Waals surface area contributed by atoms with Gasteiger partial charge in [0.1, 0.15) is 11.3 Å². The number of nitrogens with zero attached hydrogens (tertiary/aromatic N) is 3. The maximum atomic E-state index is 10.6. The summed E-state index contributed by atoms with van der Waals surface area (Å²) in [6.07, 6.45) is 3.48. The van der Waals surface area contributed by atoms with Crippen LogP contribution in [0.5, 0.6) is 0 Å². The summed E-state index contributed by atoms with van der Waals surface area (Å²) in [5.41, 5.74) is 0.794. The van der Waals surface area contributed by atoms with Crippen molar-refractivity contribution in [1.29, 1.82) is 0 Å². The van der Waals surface area contributed by atoms with Crippen LogP contribution >= 0.6 is 0 Å². The average molecular weight is 318 g/mol. The molecule has 0 aliphatic carbocycles. The molecule has 7 nitrogen and oxygen atoms in total. The van der Waals surface area contributed by atoms with E-state index < -0.39 is 5.60 Å². The molecule has 1 aliphatic heterocycles. The zero-order valence-electron chi connectivity index (χ0n) is 13.2. The Morgan fingerprint density at radius 3 is 3.22 bits per heavy atom. The molecule has 2 N–H and O–H groups in total. The van der Waals surface area contributed by atoms with Crippen molar-refractivity contribution in [3.63, 3.8) is 0 Å². The Morgan fingerprint density at radius 1 is 1.48 bits per heavy atom. The Bertz CT molecular complexity index is 609. The fourth-order valence-corrected chi connectivity index (χ4v) is 2.74. The molecule has 3 rings (SSSR count). The van der Waals surface area contributed by atoms with E-state index in [0.717, 1.165) is 23.6 Å². The van der Waals surface area contributed by atoms with Crippen molar-refractivity contribution in [3.05, 3.63) is 36.4 Å². The SMILES string of the molecule is CN(Cc1cc(-c2cccnc2)no1)CC1(O)CNCCOC1. The second-order valence-electron chi connectivity index (χ2n) is 6.05. The second-order valence-corrected chi connectivity index (χ2v) is 6.05. The molecular formula is C16H22N4O3. The molecule has 7 heteroatoms. The third-order valence-corrected chi connectivity index (χ3v) is 3.75. The van der Waals surface area contributed by atoms with E-state index in [9.17, 15) is 5.11 Å². The summed E-state index contributed by atoms with van der Waals surface area (Å²) in [5, 5.41) is 17.9. The molecule has 2 aromatic rings. The average Bonchev–Trinajstić information content (AvgIpc) is 2.89. The number of ether oxygens (including phenoxy) is 1. The molecule has 0 radical (unpaired) electrons. The lowest BCUT2D eigenvalue weighted by molar-refractivity contribution is -0.0469. The number of pyridine rings is 1. The number of nitrogens with one attached hydrogen (secondary N) is 1. The molecule has 1 atom stereocenters. The molecule has 0 spiro atoms. The van der Waals surface area contributed by atoms with Crippen molar-refractivity contribution in [2.45, 2.75) is 12.1 Å². The molecule has 1 fully saturated rings. The highest BCUT2D eigenvalue weighted by molar-refractivity contribution is 5.57. The highest BCUT2D eigenvalue weighted by atomic mass is 16.5. The number of hydrogen-bond donors (Lipinski definition) is 2. The fraction of sp³-hybridized carbons (Fsp3) is 0.500. The number of rotatable bonds is 5. The van der Waals surface area contributed by atoms with Crippen LogP contribution in [0.2, 0.25) is 0 Å². The van der Waals surface area contributed by atoms with Crippen LogP contribution in [-0.2, 0) is 11.3 Å². The van der Waals surface area contributed by atoms with E-state index in [4.69, 9.17) is 9.26 Å². The van der Waals surface area contributed by atoms with E-state index in [-0.39, 0.29) is 0 Å². The van der Waals surface area contributed by atoms with Crippen molar-refractivity contribution in [1.82, 2.24) is 20.4 Å². The van der Waals surface area contributed by atoms with Gasteiger partial charge in [-0.2, -0.15) is 0 Å². The lowest BCUT2D eigenvalue weighted by Crippen LogP contribution is -2.50. The minimum Gasteiger partial charge on any atom is -0.385 e. The summed E-state index contributed by atoms with van der Waals surface area (Å²) in [5.74, 6) is 0.748. The fourth-order valence-electron chi connectivity index (χ4n) is 2.74. The second kappa shape index (κ2) is 7.18. The molecule has 0 bridgehead atoms. The van der Waals surface area contributed by atoms with Gasteiger partial charge in [0.05, 0.1) is 19.8 Å². The van der Waals surface area contributed by atoms with Gasteiger partial charge in [-0.1, -0.05) is 5.16 Å². The number of likely N-dealkylation sites (N-methyl/N-ethyl adjacent to an activating group) is 1. The summed E-state index contributed by atoms with van der Waals surface area (Å²) in [6, 6.07) is 5.71. The van der Waals surface area contributed by atoms with Crippen LogP contribution in [0.1, 0.15) is 5.76 Å². The van der Waals surface area contributed by atoms with Crippen molar-refractivity contribution in [2.75, 3.05) is 39.9 Å². The molecular weight excluding hydrogens is 296 g/mol. The molecule has 1 aliphatic rings. The van der Waals surface area contributed by atoms with Gasteiger partial charge in [-0.15, -0.1) is 0 Å². The first kappa shape index (κ1) is 16.1. The van der Waals surface area contributed by atoms with Crippen molar-refractivity contribution >= 4 is 0 Å². The van der Waals surface area contributed by atoms with Crippen LogP contribution < -0.4 is 5.32 Å². The Balaban J connectivity index is 1.60. The Labute approximate surface area is 135 Å². The molecule has 3 heterocycles. The quantitative estimate of drug-likeness (QED) is 0.831. The number of aliphatic hydroxyl groups is 1. The smallest absolute Gasteiger partial charge is 0.151 e. The third-order valence-electron chi connectivity index (χ3n) is 3.75. The summed E-state index contributed by atoms with van der Waals surface area (Å²) in [7, 11) is 1.94. The van der Waals surface area contributed by atoms with Gasteiger partial charge in [-0.05, 0) is 19.2 Å². The molecule has 0 aromatic carbocycles. The highest BCUT2D eigenvalue weighted by Gasteiger charge is 2.30. The Hall–Kier alpha value is -1.80.